The van der Waals surface area contributed by atoms with E-state index >= 15 is 0 Å². The Hall–Kier alpha value is -0.610. The Morgan fingerprint density at radius 3 is 2.43 bits per heavy atom. The van der Waals surface area contributed by atoms with Crippen molar-refractivity contribution in [3.63, 3.8) is 0 Å². The van der Waals surface area contributed by atoms with Crippen LogP contribution in [0.25, 0.3) is 0 Å². The zero-order chi connectivity index (χ0) is 11.2. The fourth-order valence-corrected chi connectivity index (χ4v) is 1.00. The molecule has 0 rings (SSSR count). The fourth-order valence-electron chi connectivity index (χ4n) is 1.00. The highest BCUT2D eigenvalue weighted by molar-refractivity contribution is 5.80. The van der Waals surface area contributed by atoms with Crippen LogP contribution in [0.3, 0.4) is 0 Å². The van der Waals surface area contributed by atoms with Gasteiger partial charge in [-0.3, -0.25) is 10.6 Å². The molecule has 14 heavy (non-hydrogen) atoms. The summed E-state index contributed by atoms with van der Waals surface area (Å²) >= 11 is 0. The van der Waals surface area contributed by atoms with Gasteiger partial charge in [0.15, 0.2) is 0 Å². The van der Waals surface area contributed by atoms with Gasteiger partial charge in [0, 0.05) is 7.05 Å². The molecule has 0 saturated heterocycles. The van der Waals surface area contributed by atoms with Crippen molar-refractivity contribution in [2.75, 3.05) is 13.7 Å². The summed E-state index contributed by atoms with van der Waals surface area (Å²) < 4.78 is 5.14. The molecule has 0 aromatic carbocycles. The first-order chi connectivity index (χ1) is 6.49. The smallest absolute Gasteiger partial charge is 0.327 e. The van der Waals surface area contributed by atoms with Gasteiger partial charge >= 0.3 is 5.97 Å². The summed E-state index contributed by atoms with van der Waals surface area (Å²) in [4.78, 5) is 11.7. The molecule has 0 spiro atoms. The van der Waals surface area contributed by atoms with Crippen LogP contribution in [0.1, 0.15) is 40.0 Å². The highest BCUT2D eigenvalue weighted by atomic mass is 16.5. The molecule has 0 fully saturated rings. The number of nitrogens with two attached hydrogens (primary N) is 1. The third kappa shape index (κ3) is 3.27. The normalized spacial score (nSPS) is 15.3. The molecule has 2 N–H and O–H groups in total. The predicted molar refractivity (Wildman–Crippen MR) is 56.5 cm³/mol. The Balaban J connectivity index is 4.18. The molecule has 0 aliphatic rings. The second kappa shape index (κ2) is 5.98. The minimum Gasteiger partial charge on any atom is -0.464 e. The first-order valence-corrected chi connectivity index (χ1v) is 5.14. The number of ether oxygens (including phenoxy) is 1. The van der Waals surface area contributed by atoms with E-state index < -0.39 is 5.54 Å². The summed E-state index contributed by atoms with van der Waals surface area (Å²) in [6.07, 6.45) is 2.57. The van der Waals surface area contributed by atoms with Gasteiger partial charge in [0.05, 0.1) is 6.61 Å². The number of unbranched alkanes of at least 4 members (excludes halogenated alkanes) is 1. The Morgan fingerprint density at radius 2 is 2.07 bits per heavy atom. The van der Waals surface area contributed by atoms with Gasteiger partial charge in [-0.05, 0) is 19.8 Å². The average molecular weight is 202 g/mol. The van der Waals surface area contributed by atoms with Crippen LogP contribution < -0.4 is 5.84 Å². The summed E-state index contributed by atoms with van der Waals surface area (Å²) in [6.45, 7) is 6.26. The van der Waals surface area contributed by atoms with Crippen LogP contribution in [0.5, 0.6) is 0 Å². The SMILES string of the molecule is CCCCOC(=O)C(C)(CC)N(C)N. The van der Waals surface area contributed by atoms with Crippen LogP contribution in [0.4, 0.5) is 0 Å². The number of hydrogen-bond acceptors (Lipinski definition) is 4. The second-order valence-corrected chi connectivity index (χ2v) is 3.73. The predicted octanol–water partition coefficient (Wildman–Crippen LogP) is 1.30. The number of hydrazine groups is 1. The number of carbonyl (C=O) groups excluding carboxylic acids is 1. The Bertz CT molecular complexity index is 183. The minimum absolute atomic E-state index is 0.238. The summed E-state index contributed by atoms with van der Waals surface area (Å²) in [5, 5.41) is 1.42. The average Bonchev–Trinajstić information content (AvgIpc) is 2.16. The van der Waals surface area contributed by atoms with Crippen LogP contribution >= 0.6 is 0 Å². The molecular formula is C10H22N2O2. The van der Waals surface area contributed by atoms with Crippen molar-refractivity contribution < 1.29 is 9.53 Å². The van der Waals surface area contributed by atoms with Crippen LogP contribution in [0, 0.1) is 0 Å². The number of rotatable bonds is 6. The van der Waals surface area contributed by atoms with Gasteiger partial charge in [-0.2, -0.15) is 0 Å². The molecule has 0 aliphatic carbocycles. The molecule has 1 unspecified atom stereocenters. The summed E-state index contributed by atoms with van der Waals surface area (Å²) in [7, 11) is 1.69. The zero-order valence-corrected chi connectivity index (χ0v) is 9.67. The third-order valence-corrected chi connectivity index (χ3v) is 2.64. The van der Waals surface area contributed by atoms with Gasteiger partial charge in [-0.25, -0.2) is 5.01 Å². The van der Waals surface area contributed by atoms with Crippen molar-refractivity contribution in [1.82, 2.24) is 5.01 Å². The third-order valence-electron chi connectivity index (χ3n) is 2.64. The van der Waals surface area contributed by atoms with Gasteiger partial charge in [0.25, 0.3) is 0 Å². The van der Waals surface area contributed by atoms with Crippen molar-refractivity contribution in [3.8, 4) is 0 Å². The Kier molecular flexibility index (Phi) is 5.72. The van der Waals surface area contributed by atoms with Crippen molar-refractivity contribution >= 4 is 5.97 Å². The van der Waals surface area contributed by atoms with Gasteiger partial charge in [-0.1, -0.05) is 20.3 Å². The lowest BCUT2D eigenvalue weighted by molar-refractivity contribution is -0.157. The van der Waals surface area contributed by atoms with E-state index in [1.807, 2.05) is 6.92 Å². The van der Waals surface area contributed by atoms with E-state index in [9.17, 15) is 4.79 Å². The molecule has 4 nitrogen and oxygen atoms in total. The second-order valence-electron chi connectivity index (χ2n) is 3.73. The lowest BCUT2D eigenvalue weighted by Crippen LogP contribution is -2.54. The number of carbonyl (C=O) groups is 1. The fraction of sp³-hybridized carbons (Fsp3) is 0.900. The van der Waals surface area contributed by atoms with Crippen LogP contribution in [-0.4, -0.2) is 30.2 Å². The molecule has 0 bridgehead atoms. The van der Waals surface area contributed by atoms with Gasteiger partial charge in [0.1, 0.15) is 5.54 Å². The summed E-state index contributed by atoms with van der Waals surface area (Å²) in [6, 6.07) is 0. The minimum atomic E-state index is -0.701. The van der Waals surface area contributed by atoms with Crippen LogP contribution in [0.2, 0.25) is 0 Å². The molecular weight excluding hydrogens is 180 g/mol. The van der Waals surface area contributed by atoms with E-state index in [1.165, 1.54) is 5.01 Å². The molecule has 0 aliphatic heterocycles. The molecule has 0 aromatic rings. The Morgan fingerprint density at radius 1 is 1.50 bits per heavy atom. The number of likely N-dealkylation sites (N-methyl/N-ethyl adjacent to an activating group) is 1. The highest BCUT2D eigenvalue weighted by Gasteiger charge is 2.35. The number of esters is 1. The first-order valence-electron chi connectivity index (χ1n) is 5.14. The molecule has 0 aromatic heterocycles. The lowest BCUT2D eigenvalue weighted by Gasteiger charge is -2.32. The van der Waals surface area contributed by atoms with Gasteiger partial charge < -0.3 is 4.74 Å². The van der Waals surface area contributed by atoms with Crippen LogP contribution in [0.15, 0.2) is 0 Å². The monoisotopic (exact) mass is 202 g/mol. The van der Waals surface area contributed by atoms with E-state index in [2.05, 4.69) is 6.92 Å². The number of hydrogen-bond donors (Lipinski definition) is 1. The largest absolute Gasteiger partial charge is 0.464 e. The van der Waals surface area contributed by atoms with Crippen LogP contribution in [-0.2, 0) is 9.53 Å². The van der Waals surface area contributed by atoms with Crippen molar-refractivity contribution in [2.45, 2.75) is 45.6 Å². The molecule has 0 amide bonds. The van der Waals surface area contributed by atoms with E-state index in [1.54, 1.807) is 14.0 Å². The lowest BCUT2D eigenvalue weighted by atomic mass is 9.99. The van der Waals surface area contributed by atoms with Crippen molar-refractivity contribution in [2.24, 2.45) is 5.84 Å². The Labute approximate surface area is 86.4 Å². The van der Waals surface area contributed by atoms with Crippen molar-refractivity contribution in [3.05, 3.63) is 0 Å². The maximum Gasteiger partial charge on any atom is 0.327 e. The summed E-state index contributed by atoms with van der Waals surface area (Å²) in [5.41, 5.74) is -0.701. The molecule has 4 heteroatoms. The molecule has 0 heterocycles. The summed E-state index contributed by atoms with van der Waals surface area (Å²) in [5.74, 6) is 5.38. The van der Waals surface area contributed by atoms with E-state index in [0.717, 1.165) is 12.8 Å². The molecule has 0 saturated carbocycles. The quantitative estimate of drug-likeness (QED) is 0.305. The molecule has 0 radical (unpaired) electrons. The van der Waals surface area contributed by atoms with Crippen molar-refractivity contribution in [1.29, 1.82) is 0 Å². The maximum atomic E-state index is 11.7. The highest BCUT2D eigenvalue weighted by Crippen LogP contribution is 2.16. The standard InChI is InChI=1S/C10H22N2O2/c1-5-7-8-14-9(13)10(3,6-2)12(4)11/h5-8,11H2,1-4H3. The van der Waals surface area contributed by atoms with E-state index in [0.29, 0.717) is 13.0 Å². The molecule has 1 atom stereocenters. The topological polar surface area (TPSA) is 55.6 Å². The molecule has 84 valence electrons. The van der Waals surface area contributed by atoms with Gasteiger partial charge in [0.2, 0.25) is 0 Å². The van der Waals surface area contributed by atoms with Gasteiger partial charge in [-0.15, -0.1) is 0 Å². The van der Waals surface area contributed by atoms with E-state index in [-0.39, 0.29) is 5.97 Å². The first kappa shape index (κ1) is 13.4. The van der Waals surface area contributed by atoms with E-state index in [4.69, 9.17) is 10.6 Å². The zero-order valence-electron chi connectivity index (χ0n) is 9.67. The maximum absolute atomic E-state index is 11.7. The number of nitrogens with zero attached hydrogens (tertiary/aromatic N) is 1.